The molecule has 0 spiro atoms. The van der Waals surface area contributed by atoms with Crippen LogP contribution in [0.1, 0.15) is 15.9 Å². The van der Waals surface area contributed by atoms with Crippen molar-refractivity contribution in [3.8, 4) is 5.75 Å². The zero-order valence-electron chi connectivity index (χ0n) is 14.2. The van der Waals surface area contributed by atoms with Gasteiger partial charge in [-0.25, -0.2) is 9.37 Å². The van der Waals surface area contributed by atoms with Gasteiger partial charge in [0.2, 0.25) is 0 Å². The van der Waals surface area contributed by atoms with Crippen molar-refractivity contribution in [2.24, 2.45) is 0 Å². The van der Waals surface area contributed by atoms with E-state index >= 15 is 0 Å². The molecular formula is C18H18FN3O3. The molecule has 130 valence electrons. The number of anilines is 1. The Morgan fingerprint density at radius 2 is 2.08 bits per heavy atom. The summed E-state index contributed by atoms with van der Waals surface area (Å²) >= 11 is 0. The molecule has 0 bridgehead atoms. The van der Waals surface area contributed by atoms with E-state index < -0.39 is 5.82 Å². The van der Waals surface area contributed by atoms with Crippen LogP contribution in [0.5, 0.6) is 5.75 Å². The number of H-pyrrole nitrogens is 1. The van der Waals surface area contributed by atoms with Crippen molar-refractivity contribution in [2.45, 2.75) is 6.61 Å². The lowest BCUT2D eigenvalue weighted by Crippen LogP contribution is -2.26. The number of imidazole rings is 1. The number of nitrogens with one attached hydrogen (secondary N) is 1. The molecule has 0 saturated heterocycles. The molecule has 0 aliphatic carbocycles. The zero-order valence-corrected chi connectivity index (χ0v) is 14.2. The Morgan fingerprint density at radius 3 is 2.80 bits per heavy atom. The Kier molecular flexibility index (Phi) is 4.67. The second-order valence-electron chi connectivity index (χ2n) is 5.55. The predicted octanol–water partition coefficient (Wildman–Crippen LogP) is 3.13. The molecule has 1 heterocycles. The third-order valence-electron chi connectivity index (χ3n) is 3.98. The van der Waals surface area contributed by atoms with Crippen LogP contribution in [0.15, 0.2) is 36.7 Å². The van der Waals surface area contributed by atoms with Gasteiger partial charge in [0.1, 0.15) is 0 Å². The van der Waals surface area contributed by atoms with E-state index in [1.807, 2.05) is 0 Å². The van der Waals surface area contributed by atoms with Gasteiger partial charge in [0.15, 0.2) is 11.6 Å². The Morgan fingerprint density at radius 1 is 1.28 bits per heavy atom. The van der Waals surface area contributed by atoms with Crippen molar-refractivity contribution in [3.05, 3.63) is 53.6 Å². The summed E-state index contributed by atoms with van der Waals surface area (Å²) in [5, 5.41) is 0. The maximum atomic E-state index is 13.6. The molecule has 3 aromatic rings. The number of rotatable bonds is 5. The standard InChI is InChI=1S/C18H18FN3O3/c1-22(13-4-5-14(19)16(8-13)25-3)18(23)11-6-12(9-24-2)17-15(7-11)20-10-21-17/h4-8,10H,9H2,1-3H3,(H,20,21). The molecule has 0 atom stereocenters. The summed E-state index contributed by atoms with van der Waals surface area (Å²) in [6, 6.07) is 7.78. The van der Waals surface area contributed by atoms with Gasteiger partial charge in [-0.15, -0.1) is 0 Å². The van der Waals surface area contributed by atoms with Gasteiger partial charge in [0.05, 0.1) is 31.1 Å². The SMILES string of the molecule is COCc1cc(C(=O)N(C)c2ccc(F)c(OC)c2)cc2[nH]cnc12. The lowest BCUT2D eigenvalue weighted by Gasteiger charge is -2.19. The minimum atomic E-state index is -0.478. The first-order valence-electron chi connectivity index (χ1n) is 7.61. The number of hydrogen-bond acceptors (Lipinski definition) is 4. The van der Waals surface area contributed by atoms with E-state index in [9.17, 15) is 9.18 Å². The topological polar surface area (TPSA) is 67.4 Å². The quantitative estimate of drug-likeness (QED) is 0.773. The van der Waals surface area contributed by atoms with Gasteiger partial charge in [-0.2, -0.15) is 0 Å². The Hall–Kier alpha value is -2.93. The maximum Gasteiger partial charge on any atom is 0.258 e. The summed E-state index contributed by atoms with van der Waals surface area (Å²) in [5.74, 6) is -0.628. The van der Waals surface area contributed by atoms with Gasteiger partial charge in [0.25, 0.3) is 5.91 Å². The highest BCUT2D eigenvalue weighted by molar-refractivity contribution is 6.07. The first-order valence-corrected chi connectivity index (χ1v) is 7.61. The molecular weight excluding hydrogens is 325 g/mol. The minimum absolute atomic E-state index is 0.0845. The van der Waals surface area contributed by atoms with Crippen LogP contribution in [0.3, 0.4) is 0 Å². The summed E-state index contributed by atoms with van der Waals surface area (Å²) in [5.41, 5.74) is 3.35. The molecule has 1 amide bonds. The van der Waals surface area contributed by atoms with Gasteiger partial charge in [-0.1, -0.05) is 0 Å². The van der Waals surface area contributed by atoms with Gasteiger partial charge in [-0.3, -0.25) is 4.79 Å². The molecule has 3 rings (SSSR count). The van der Waals surface area contributed by atoms with Crippen molar-refractivity contribution in [1.29, 1.82) is 0 Å². The lowest BCUT2D eigenvalue weighted by molar-refractivity contribution is 0.0992. The van der Waals surface area contributed by atoms with Crippen molar-refractivity contribution < 1.29 is 18.7 Å². The van der Waals surface area contributed by atoms with Crippen LogP contribution >= 0.6 is 0 Å². The number of carbonyl (C=O) groups is 1. The van der Waals surface area contributed by atoms with Crippen molar-refractivity contribution in [2.75, 3.05) is 26.2 Å². The fraction of sp³-hybridized carbons (Fsp3) is 0.222. The van der Waals surface area contributed by atoms with Gasteiger partial charge in [0, 0.05) is 37.0 Å². The Labute approximate surface area is 144 Å². The molecule has 0 aliphatic heterocycles. The summed E-state index contributed by atoms with van der Waals surface area (Å²) in [4.78, 5) is 21.6. The normalized spacial score (nSPS) is 10.9. The molecule has 7 heteroatoms. The Bertz CT molecular complexity index is 923. The summed E-state index contributed by atoms with van der Waals surface area (Å²) in [6.07, 6.45) is 1.58. The summed E-state index contributed by atoms with van der Waals surface area (Å²) < 4.78 is 23.7. The van der Waals surface area contributed by atoms with E-state index in [4.69, 9.17) is 9.47 Å². The third kappa shape index (κ3) is 3.18. The number of fused-ring (bicyclic) bond motifs is 1. The van der Waals surface area contributed by atoms with Crippen LogP contribution in [-0.2, 0) is 11.3 Å². The van der Waals surface area contributed by atoms with E-state index in [1.165, 1.54) is 30.2 Å². The molecule has 25 heavy (non-hydrogen) atoms. The molecule has 1 N–H and O–H groups in total. The molecule has 0 saturated carbocycles. The smallest absolute Gasteiger partial charge is 0.258 e. The van der Waals surface area contributed by atoms with Crippen molar-refractivity contribution in [1.82, 2.24) is 9.97 Å². The van der Waals surface area contributed by atoms with Crippen molar-refractivity contribution in [3.63, 3.8) is 0 Å². The van der Waals surface area contributed by atoms with Crippen LogP contribution in [0.4, 0.5) is 10.1 Å². The third-order valence-corrected chi connectivity index (χ3v) is 3.98. The highest BCUT2D eigenvalue weighted by Crippen LogP contribution is 2.26. The van der Waals surface area contributed by atoms with Crippen LogP contribution < -0.4 is 9.64 Å². The number of nitrogens with zero attached hydrogens (tertiary/aromatic N) is 2. The van der Waals surface area contributed by atoms with E-state index in [2.05, 4.69) is 9.97 Å². The number of amides is 1. The molecule has 0 unspecified atom stereocenters. The molecule has 0 aliphatic rings. The number of benzene rings is 2. The average molecular weight is 343 g/mol. The molecule has 0 fully saturated rings. The molecule has 0 radical (unpaired) electrons. The van der Waals surface area contributed by atoms with Gasteiger partial charge in [-0.05, 0) is 24.3 Å². The van der Waals surface area contributed by atoms with E-state index in [-0.39, 0.29) is 11.7 Å². The van der Waals surface area contributed by atoms with E-state index in [0.29, 0.717) is 17.9 Å². The number of aromatic nitrogens is 2. The number of carbonyl (C=O) groups excluding carboxylic acids is 1. The fourth-order valence-electron chi connectivity index (χ4n) is 2.68. The first kappa shape index (κ1) is 16.9. The van der Waals surface area contributed by atoms with Crippen LogP contribution in [0.2, 0.25) is 0 Å². The lowest BCUT2D eigenvalue weighted by atomic mass is 10.1. The van der Waals surface area contributed by atoms with Gasteiger partial charge < -0.3 is 19.4 Å². The fourth-order valence-corrected chi connectivity index (χ4v) is 2.68. The zero-order chi connectivity index (χ0) is 18.0. The monoisotopic (exact) mass is 343 g/mol. The summed E-state index contributed by atoms with van der Waals surface area (Å²) in [6.45, 7) is 0.344. The number of hydrogen-bond donors (Lipinski definition) is 1. The van der Waals surface area contributed by atoms with E-state index in [0.717, 1.165) is 16.6 Å². The van der Waals surface area contributed by atoms with Crippen LogP contribution in [-0.4, -0.2) is 37.1 Å². The number of methoxy groups -OCH3 is 2. The molecule has 1 aromatic heterocycles. The van der Waals surface area contributed by atoms with Crippen LogP contribution in [0.25, 0.3) is 11.0 Å². The average Bonchev–Trinajstić information content (AvgIpc) is 3.10. The van der Waals surface area contributed by atoms with Crippen molar-refractivity contribution >= 4 is 22.6 Å². The minimum Gasteiger partial charge on any atom is -0.494 e. The first-order chi connectivity index (χ1) is 12.0. The highest BCUT2D eigenvalue weighted by Gasteiger charge is 2.18. The largest absolute Gasteiger partial charge is 0.494 e. The number of ether oxygens (including phenoxy) is 2. The number of halogens is 1. The Balaban J connectivity index is 1.98. The predicted molar refractivity (Wildman–Crippen MR) is 92.5 cm³/mol. The second kappa shape index (κ2) is 6.90. The number of aromatic amines is 1. The van der Waals surface area contributed by atoms with Gasteiger partial charge >= 0.3 is 0 Å². The molecule has 2 aromatic carbocycles. The van der Waals surface area contributed by atoms with Crippen LogP contribution in [0, 0.1) is 5.82 Å². The highest BCUT2D eigenvalue weighted by atomic mass is 19.1. The van der Waals surface area contributed by atoms with E-state index in [1.54, 1.807) is 32.6 Å². The maximum absolute atomic E-state index is 13.6. The second-order valence-corrected chi connectivity index (χ2v) is 5.55. The summed E-state index contributed by atoms with van der Waals surface area (Å²) in [7, 11) is 4.60. The molecule has 6 nitrogen and oxygen atoms in total.